The maximum atomic E-state index is 12.9. The normalized spacial score (nSPS) is 16.9. The van der Waals surface area contributed by atoms with Crippen molar-refractivity contribution in [2.75, 3.05) is 13.1 Å². The average Bonchev–Trinajstić information content (AvgIpc) is 3.08. The third-order valence-electron chi connectivity index (χ3n) is 5.11. The number of hydrogen-bond donors (Lipinski definition) is 1. The van der Waals surface area contributed by atoms with Crippen LogP contribution in [0.3, 0.4) is 0 Å². The summed E-state index contributed by atoms with van der Waals surface area (Å²) in [6, 6.07) is 10.5. The minimum absolute atomic E-state index is 0.0224. The number of rotatable bonds is 4. The van der Waals surface area contributed by atoms with Crippen molar-refractivity contribution in [2.45, 2.75) is 56.9 Å². The van der Waals surface area contributed by atoms with Gasteiger partial charge in [-0.3, -0.25) is 4.79 Å². The molecule has 6 nitrogen and oxygen atoms in total. The highest BCUT2D eigenvalue weighted by atomic mass is 32.2. The Hall–Kier alpha value is -2.12. The Balaban J connectivity index is 1.61. The fraction of sp³-hybridized carbons (Fsp3) is 0.476. The number of nitrogens with one attached hydrogen (secondary N) is 1. The lowest BCUT2D eigenvalue weighted by molar-refractivity contribution is 0.0894. The smallest absolute Gasteiger partial charge is 0.287 e. The van der Waals surface area contributed by atoms with Gasteiger partial charge in [0.05, 0.1) is 4.90 Å². The number of aryl methyl sites for hydroxylation is 1. The standard InChI is InChI=1S/C21H28N2O4S/c1-15-5-10-19(27-15)20(24)22-17-11-13-23(14-12-17)28(25,26)18-8-6-16(7-9-18)21(2,3)4/h5-10,17H,11-14H2,1-4H3,(H,22,24). The first-order valence-electron chi connectivity index (χ1n) is 9.55. The molecule has 1 aliphatic heterocycles. The van der Waals surface area contributed by atoms with Gasteiger partial charge in [-0.25, -0.2) is 8.42 Å². The van der Waals surface area contributed by atoms with Crippen LogP contribution in [-0.2, 0) is 15.4 Å². The quantitative estimate of drug-likeness (QED) is 0.846. The number of benzene rings is 1. The fourth-order valence-electron chi connectivity index (χ4n) is 3.33. The number of piperidine rings is 1. The molecule has 7 heteroatoms. The summed E-state index contributed by atoms with van der Waals surface area (Å²) in [6.45, 7) is 8.84. The third-order valence-corrected chi connectivity index (χ3v) is 7.02. The Kier molecular flexibility index (Phi) is 5.68. The van der Waals surface area contributed by atoms with Crippen LogP contribution in [0.25, 0.3) is 0 Å². The fourth-order valence-corrected chi connectivity index (χ4v) is 4.80. The van der Waals surface area contributed by atoms with E-state index in [2.05, 4.69) is 26.1 Å². The summed E-state index contributed by atoms with van der Waals surface area (Å²) in [5.74, 6) is 0.710. The van der Waals surface area contributed by atoms with Crippen molar-refractivity contribution in [1.82, 2.24) is 9.62 Å². The Morgan fingerprint density at radius 2 is 1.68 bits per heavy atom. The molecule has 2 heterocycles. The van der Waals surface area contributed by atoms with Crippen LogP contribution in [-0.4, -0.2) is 37.8 Å². The van der Waals surface area contributed by atoms with E-state index < -0.39 is 10.0 Å². The molecule has 0 bridgehead atoms. The predicted octanol–water partition coefficient (Wildman–Crippen LogP) is 3.47. The summed E-state index contributed by atoms with van der Waals surface area (Å²) in [6.07, 6.45) is 1.15. The van der Waals surface area contributed by atoms with Gasteiger partial charge < -0.3 is 9.73 Å². The maximum absolute atomic E-state index is 12.9. The SMILES string of the molecule is Cc1ccc(C(=O)NC2CCN(S(=O)(=O)c3ccc(C(C)(C)C)cc3)CC2)o1. The van der Waals surface area contributed by atoms with Crippen molar-refractivity contribution in [2.24, 2.45) is 0 Å². The first-order chi connectivity index (χ1) is 13.1. The van der Waals surface area contributed by atoms with Crippen LogP contribution in [0.1, 0.15) is 55.5 Å². The molecule has 0 spiro atoms. The molecule has 152 valence electrons. The van der Waals surface area contributed by atoms with E-state index in [0.29, 0.717) is 36.6 Å². The van der Waals surface area contributed by atoms with E-state index in [1.54, 1.807) is 31.2 Å². The summed E-state index contributed by atoms with van der Waals surface area (Å²) >= 11 is 0. The number of hydrogen-bond acceptors (Lipinski definition) is 4. The largest absolute Gasteiger partial charge is 0.456 e. The van der Waals surface area contributed by atoms with Gasteiger partial charge in [-0.15, -0.1) is 0 Å². The van der Waals surface area contributed by atoms with E-state index in [0.717, 1.165) is 5.56 Å². The van der Waals surface area contributed by atoms with Gasteiger partial charge in [0, 0.05) is 19.1 Å². The topological polar surface area (TPSA) is 79.6 Å². The third kappa shape index (κ3) is 4.47. The lowest BCUT2D eigenvalue weighted by Crippen LogP contribution is -2.46. The Morgan fingerprint density at radius 3 is 2.18 bits per heavy atom. The molecule has 1 N–H and O–H groups in total. The first-order valence-corrected chi connectivity index (χ1v) is 11.0. The number of furan rings is 1. The van der Waals surface area contributed by atoms with E-state index in [4.69, 9.17) is 4.42 Å². The second-order valence-corrected chi connectivity index (χ2v) is 10.3. The second kappa shape index (κ2) is 7.72. The molecule has 1 aliphatic rings. The molecule has 1 aromatic heterocycles. The molecule has 1 fully saturated rings. The van der Waals surface area contributed by atoms with Crippen LogP contribution in [0.5, 0.6) is 0 Å². The molecule has 2 aromatic rings. The maximum Gasteiger partial charge on any atom is 0.287 e. The number of sulfonamides is 1. The zero-order valence-electron chi connectivity index (χ0n) is 16.9. The van der Waals surface area contributed by atoms with Crippen LogP contribution in [0.2, 0.25) is 0 Å². The summed E-state index contributed by atoms with van der Waals surface area (Å²) in [7, 11) is -3.52. The van der Waals surface area contributed by atoms with Crippen molar-refractivity contribution < 1.29 is 17.6 Å². The molecule has 0 unspecified atom stereocenters. The summed E-state index contributed by atoms with van der Waals surface area (Å²) in [5.41, 5.74) is 1.08. The lowest BCUT2D eigenvalue weighted by atomic mass is 9.87. The van der Waals surface area contributed by atoms with Crippen molar-refractivity contribution in [3.63, 3.8) is 0 Å². The highest BCUT2D eigenvalue weighted by molar-refractivity contribution is 7.89. The molecule has 3 rings (SSSR count). The van der Waals surface area contributed by atoms with Crippen molar-refractivity contribution in [3.8, 4) is 0 Å². The molecule has 0 atom stereocenters. The summed E-state index contributed by atoms with van der Waals surface area (Å²) in [5, 5.41) is 2.93. The van der Waals surface area contributed by atoms with Crippen molar-refractivity contribution in [3.05, 3.63) is 53.5 Å². The van der Waals surface area contributed by atoms with Crippen LogP contribution in [0.4, 0.5) is 0 Å². The summed E-state index contributed by atoms with van der Waals surface area (Å²) < 4.78 is 32.7. The van der Waals surface area contributed by atoms with Crippen LogP contribution in [0.15, 0.2) is 45.7 Å². The minimum atomic E-state index is -3.52. The van der Waals surface area contributed by atoms with E-state index in [9.17, 15) is 13.2 Å². The van der Waals surface area contributed by atoms with E-state index >= 15 is 0 Å². The van der Waals surface area contributed by atoms with Gasteiger partial charge >= 0.3 is 0 Å². The molecule has 1 saturated heterocycles. The van der Waals surface area contributed by atoms with E-state index in [1.807, 2.05) is 12.1 Å². The number of carbonyl (C=O) groups is 1. The van der Waals surface area contributed by atoms with E-state index in [1.165, 1.54) is 4.31 Å². The Labute approximate surface area is 167 Å². The Bertz CT molecular complexity index is 932. The number of amides is 1. The van der Waals surface area contributed by atoms with Gasteiger partial charge in [-0.05, 0) is 55.0 Å². The van der Waals surface area contributed by atoms with Crippen LogP contribution in [0, 0.1) is 6.92 Å². The molecule has 0 radical (unpaired) electrons. The molecule has 0 saturated carbocycles. The lowest BCUT2D eigenvalue weighted by Gasteiger charge is -2.31. The van der Waals surface area contributed by atoms with Crippen LogP contribution < -0.4 is 5.32 Å². The number of carbonyl (C=O) groups excluding carboxylic acids is 1. The van der Waals surface area contributed by atoms with E-state index in [-0.39, 0.29) is 23.1 Å². The van der Waals surface area contributed by atoms with Gasteiger partial charge in [0.25, 0.3) is 5.91 Å². The minimum Gasteiger partial charge on any atom is -0.456 e. The zero-order valence-corrected chi connectivity index (χ0v) is 17.7. The second-order valence-electron chi connectivity index (χ2n) is 8.34. The van der Waals surface area contributed by atoms with Gasteiger partial charge in [-0.2, -0.15) is 4.31 Å². The van der Waals surface area contributed by atoms with Crippen LogP contribution >= 0.6 is 0 Å². The van der Waals surface area contributed by atoms with Gasteiger partial charge in [-0.1, -0.05) is 32.9 Å². The molecule has 1 amide bonds. The highest BCUT2D eigenvalue weighted by Crippen LogP contribution is 2.26. The summed E-state index contributed by atoms with van der Waals surface area (Å²) in [4.78, 5) is 12.5. The molecular weight excluding hydrogens is 376 g/mol. The van der Waals surface area contributed by atoms with Crippen molar-refractivity contribution >= 4 is 15.9 Å². The molecule has 28 heavy (non-hydrogen) atoms. The van der Waals surface area contributed by atoms with Gasteiger partial charge in [0.1, 0.15) is 5.76 Å². The van der Waals surface area contributed by atoms with Gasteiger partial charge in [0.15, 0.2) is 5.76 Å². The van der Waals surface area contributed by atoms with Gasteiger partial charge in [0.2, 0.25) is 10.0 Å². The Morgan fingerprint density at radius 1 is 1.07 bits per heavy atom. The predicted molar refractivity (Wildman–Crippen MR) is 108 cm³/mol. The average molecular weight is 405 g/mol. The highest BCUT2D eigenvalue weighted by Gasteiger charge is 2.30. The monoisotopic (exact) mass is 404 g/mol. The number of nitrogens with zero attached hydrogens (tertiary/aromatic N) is 1. The molecule has 0 aliphatic carbocycles. The molecule has 1 aromatic carbocycles. The zero-order chi connectivity index (χ0) is 20.5. The first kappa shape index (κ1) is 20.6. The van der Waals surface area contributed by atoms with Crippen molar-refractivity contribution in [1.29, 1.82) is 0 Å². The molecular formula is C21H28N2O4S.